The Kier molecular flexibility index (Phi) is 6.68. The Balaban J connectivity index is 1.54. The second-order valence-corrected chi connectivity index (χ2v) is 7.17. The smallest absolute Gasteiger partial charge is 0.271 e. The van der Waals surface area contributed by atoms with E-state index in [0.717, 1.165) is 0 Å². The summed E-state index contributed by atoms with van der Waals surface area (Å²) in [6, 6.07) is 12.9. The fraction of sp³-hybridized carbons (Fsp3) is 0.167. The number of amides is 1. The summed E-state index contributed by atoms with van der Waals surface area (Å²) >= 11 is 7.25. The highest BCUT2D eigenvalue weighted by atomic mass is 35.5. The standard InChI is InChI=1S/C18H16ClN5O4S/c1-23-16(10-28-15-8-3-2-7-14(15)19)21-22-18(23)29-11-17(25)20-12-5-4-6-13(9-12)24(26)27/h2-9H,10-11H2,1H3,(H,20,25). The van der Waals surface area contributed by atoms with Crippen LogP contribution in [0.1, 0.15) is 5.82 Å². The number of para-hydroxylation sites is 1. The normalized spacial score (nSPS) is 10.6. The van der Waals surface area contributed by atoms with Crippen LogP contribution in [0.5, 0.6) is 5.75 Å². The molecule has 1 aromatic heterocycles. The van der Waals surface area contributed by atoms with Gasteiger partial charge in [0.2, 0.25) is 5.91 Å². The van der Waals surface area contributed by atoms with Crippen LogP contribution in [-0.2, 0) is 18.4 Å². The lowest BCUT2D eigenvalue weighted by molar-refractivity contribution is -0.384. The van der Waals surface area contributed by atoms with Gasteiger partial charge in [-0.2, -0.15) is 0 Å². The summed E-state index contributed by atoms with van der Waals surface area (Å²) in [7, 11) is 1.77. The maximum absolute atomic E-state index is 12.1. The zero-order valence-electron chi connectivity index (χ0n) is 15.2. The monoisotopic (exact) mass is 433 g/mol. The van der Waals surface area contributed by atoms with Crippen LogP contribution in [0.4, 0.5) is 11.4 Å². The van der Waals surface area contributed by atoms with Gasteiger partial charge in [-0.25, -0.2) is 0 Å². The molecule has 1 amide bonds. The molecule has 0 saturated carbocycles. The highest BCUT2D eigenvalue weighted by Gasteiger charge is 2.13. The zero-order chi connectivity index (χ0) is 20.8. The van der Waals surface area contributed by atoms with E-state index in [1.165, 1.54) is 30.0 Å². The van der Waals surface area contributed by atoms with Crippen LogP contribution >= 0.6 is 23.4 Å². The van der Waals surface area contributed by atoms with Gasteiger partial charge in [-0.15, -0.1) is 10.2 Å². The summed E-state index contributed by atoms with van der Waals surface area (Å²) in [5.74, 6) is 0.876. The number of nitrogens with one attached hydrogen (secondary N) is 1. The quantitative estimate of drug-likeness (QED) is 0.327. The molecular weight excluding hydrogens is 418 g/mol. The number of benzene rings is 2. The summed E-state index contributed by atoms with van der Waals surface area (Å²) in [5.41, 5.74) is 0.267. The molecule has 3 rings (SSSR count). The van der Waals surface area contributed by atoms with Crippen LogP contribution in [0.2, 0.25) is 5.02 Å². The molecule has 0 aliphatic carbocycles. The fourth-order valence-electron chi connectivity index (χ4n) is 2.32. The Bertz CT molecular complexity index is 1040. The van der Waals surface area contributed by atoms with Crippen LogP contribution in [0.3, 0.4) is 0 Å². The van der Waals surface area contributed by atoms with Crippen molar-refractivity contribution in [1.82, 2.24) is 14.8 Å². The van der Waals surface area contributed by atoms with E-state index < -0.39 is 4.92 Å². The van der Waals surface area contributed by atoms with Crippen molar-refractivity contribution < 1.29 is 14.5 Å². The third-order valence-corrected chi connectivity index (χ3v) is 5.12. The molecule has 0 aliphatic rings. The van der Waals surface area contributed by atoms with Gasteiger partial charge in [-0.05, 0) is 18.2 Å². The first-order valence-corrected chi connectivity index (χ1v) is 9.73. The Labute approximate surface area is 175 Å². The molecule has 0 aliphatic heterocycles. The minimum atomic E-state index is -0.518. The molecule has 0 fully saturated rings. The molecule has 1 heterocycles. The van der Waals surface area contributed by atoms with Crippen LogP contribution < -0.4 is 10.1 Å². The third-order valence-electron chi connectivity index (χ3n) is 3.79. The average Bonchev–Trinajstić information content (AvgIpc) is 3.05. The summed E-state index contributed by atoms with van der Waals surface area (Å²) in [6.07, 6.45) is 0. The van der Waals surface area contributed by atoms with Gasteiger partial charge in [-0.3, -0.25) is 14.9 Å². The number of nitro groups is 1. The highest BCUT2D eigenvalue weighted by Crippen LogP contribution is 2.24. The second kappa shape index (κ2) is 9.39. The Hall–Kier alpha value is -3.11. The number of nitrogens with zero attached hydrogens (tertiary/aromatic N) is 4. The minimum Gasteiger partial charge on any atom is -0.484 e. The number of carbonyl (C=O) groups excluding carboxylic acids is 1. The maximum Gasteiger partial charge on any atom is 0.271 e. The largest absolute Gasteiger partial charge is 0.484 e. The third kappa shape index (κ3) is 5.46. The van der Waals surface area contributed by atoms with Crippen molar-refractivity contribution in [3.8, 4) is 5.75 Å². The highest BCUT2D eigenvalue weighted by molar-refractivity contribution is 7.99. The maximum atomic E-state index is 12.1. The van der Waals surface area contributed by atoms with Gasteiger partial charge < -0.3 is 14.6 Å². The van der Waals surface area contributed by atoms with Crippen LogP contribution in [-0.4, -0.2) is 31.3 Å². The molecule has 0 radical (unpaired) electrons. The van der Waals surface area contributed by atoms with E-state index in [-0.39, 0.29) is 24.0 Å². The van der Waals surface area contributed by atoms with Gasteiger partial charge >= 0.3 is 0 Å². The fourth-order valence-corrected chi connectivity index (χ4v) is 3.25. The van der Waals surface area contributed by atoms with Crippen molar-refractivity contribution in [2.45, 2.75) is 11.8 Å². The van der Waals surface area contributed by atoms with Crippen molar-refractivity contribution in [3.05, 3.63) is 69.5 Å². The minimum absolute atomic E-state index is 0.0695. The van der Waals surface area contributed by atoms with E-state index in [4.69, 9.17) is 16.3 Å². The number of rotatable bonds is 8. The second-order valence-electron chi connectivity index (χ2n) is 5.82. The number of thioether (sulfide) groups is 1. The first-order chi connectivity index (χ1) is 13.9. The molecule has 0 bridgehead atoms. The number of non-ortho nitro benzene ring substituents is 1. The Morgan fingerprint density at radius 2 is 2.07 bits per heavy atom. The lowest BCUT2D eigenvalue weighted by atomic mass is 10.3. The number of hydrogen-bond donors (Lipinski definition) is 1. The van der Waals surface area contributed by atoms with E-state index in [1.54, 1.807) is 29.8 Å². The summed E-state index contributed by atoms with van der Waals surface area (Å²) in [5, 5.41) is 22.6. The Morgan fingerprint density at radius 3 is 2.83 bits per heavy atom. The van der Waals surface area contributed by atoms with Crippen molar-refractivity contribution in [2.24, 2.45) is 7.05 Å². The van der Waals surface area contributed by atoms with E-state index in [2.05, 4.69) is 15.5 Å². The predicted molar refractivity (Wildman–Crippen MR) is 109 cm³/mol. The molecule has 0 atom stereocenters. The van der Waals surface area contributed by atoms with Crippen LogP contribution in [0, 0.1) is 10.1 Å². The first-order valence-electron chi connectivity index (χ1n) is 8.36. The molecular formula is C18H16ClN5O4S. The molecule has 2 aromatic carbocycles. The van der Waals surface area contributed by atoms with Crippen LogP contribution in [0.25, 0.3) is 0 Å². The number of nitro benzene ring substituents is 1. The number of ether oxygens (including phenoxy) is 1. The van der Waals surface area contributed by atoms with E-state index in [1.807, 2.05) is 12.1 Å². The topological polar surface area (TPSA) is 112 Å². The Morgan fingerprint density at radius 1 is 1.28 bits per heavy atom. The first kappa shape index (κ1) is 20.6. The van der Waals surface area contributed by atoms with Gasteiger partial charge in [-0.1, -0.05) is 41.6 Å². The number of carbonyl (C=O) groups is 1. The lowest BCUT2D eigenvalue weighted by Gasteiger charge is -2.08. The van der Waals surface area contributed by atoms with Gasteiger partial charge in [0.1, 0.15) is 12.4 Å². The molecule has 11 heteroatoms. The molecule has 9 nitrogen and oxygen atoms in total. The molecule has 1 N–H and O–H groups in total. The molecule has 150 valence electrons. The number of aromatic nitrogens is 3. The van der Waals surface area contributed by atoms with Crippen molar-refractivity contribution in [1.29, 1.82) is 0 Å². The molecule has 3 aromatic rings. The van der Waals surface area contributed by atoms with Gasteiger partial charge in [0.15, 0.2) is 11.0 Å². The zero-order valence-corrected chi connectivity index (χ0v) is 16.8. The summed E-state index contributed by atoms with van der Waals surface area (Å²) < 4.78 is 7.38. The van der Waals surface area contributed by atoms with E-state index >= 15 is 0 Å². The van der Waals surface area contributed by atoms with Crippen molar-refractivity contribution >= 4 is 40.6 Å². The number of halogens is 1. The van der Waals surface area contributed by atoms with Crippen molar-refractivity contribution in [2.75, 3.05) is 11.1 Å². The molecule has 29 heavy (non-hydrogen) atoms. The lowest BCUT2D eigenvalue weighted by Crippen LogP contribution is -2.14. The SMILES string of the molecule is Cn1c(COc2ccccc2Cl)nnc1SCC(=O)Nc1cccc([N+](=O)[O-])c1. The molecule has 0 spiro atoms. The van der Waals surface area contributed by atoms with Gasteiger partial charge in [0.25, 0.3) is 5.69 Å². The van der Waals surface area contributed by atoms with E-state index in [0.29, 0.717) is 27.4 Å². The number of hydrogen-bond acceptors (Lipinski definition) is 7. The molecule has 0 saturated heterocycles. The summed E-state index contributed by atoms with van der Waals surface area (Å²) in [6.45, 7) is 0.174. The van der Waals surface area contributed by atoms with Gasteiger partial charge in [0.05, 0.1) is 15.7 Å². The van der Waals surface area contributed by atoms with Crippen molar-refractivity contribution in [3.63, 3.8) is 0 Å². The van der Waals surface area contributed by atoms with E-state index in [9.17, 15) is 14.9 Å². The van der Waals surface area contributed by atoms with Crippen LogP contribution in [0.15, 0.2) is 53.7 Å². The predicted octanol–water partition coefficient (Wildman–Crippen LogP) is 3.69. The average molecular weight is 434 g/mol. The molecule has 0 unspecified atom stereocenters. The number of anilines is 1. The van der Waals surface area contributed by atoms with Gasteiger partial charge in [0, 0.05) is 24.9 Å². The summed E-state index contributed by atoms with van der Waals surface area (Å²) in [4.78, 5) is 22.4.